The number of hydrogen-bond donors (Lipinski definition) is 2. The molecule has 0 bridgehead atoms. The summed E-state index contributed by atoms with van der Waals surface area (Å²) in [4.78, 5) is 12.0. The lowest BCUT2D eigenvalue weighted by molar-refractivity contribution is -0.122. The number of nitrogens with two attached hydrogens (primary N) is 1. The average molecular weight is 262 g/mol. The van der Waals surface area contributed by atoms with Crippen LogP contribution in [0.4, 0.5) is 0 Å². The third kappa shape index (κ3) is 5.03. The summed E-state index contributed by atoms with van der Waals surface area (Å²) in [6.45, 7) is 6.82. The summed E-state index contributed by atoms with van der Waals surface area (Å²) in [5.41, 5.74) is 7.92. The van der Waals surface area contributed by atoms with E-state index < -0.39 is 0 Å². The second-order valence-electron chi connectivity index (χ2n) is 5.43. The molecule has 0 saturated heterocycles. The molecule has 106 valence electrons. The fourth-order valence-electron chi connectivity index (χ4n) is 2.18. The van der Waals surface area contributed by atoms with Crippen LogP contribution in [-0.2, 0) is 11.2 Å². The molecule has 1 amide bonds. The van der Waals surface area contributed by atoms with Crippen molar-refractivity contribution in [2.75, 3.05) is 6.54 Å². The maximum atomic E-state index is 12.0. The van der Waals surface area contributed by atoms with Gasteiger partial charge in [-0.05, 0) is 50.8 Å². The van der Waals surface area contributed by atoms with Crippen molar-refractivity contribution < 1.29 is 4.79 Å². The maximum Gasteiger partial charge on any atom is 0.220 e. The third-order valence-corrected chi connectivity index (χ3v) is 3.80. The molecule has 1 atom stereocenters. The number of hydrogen-bond acceptors (Lipinski definition) is 2. The predicted octanol–water partition coefficient (Wildman–Crippen LogP) is 2.56. The van der Waals surface area contributed by atoms with Crippen LogP contribution in [0.5, 0.6) is 0 Å². The van der Waals surface area contributed by atoms with E-state index in [2.05, 4.69) is 38.2 Å². The van der Waals surface area contributed by atoms with E-state index >= 15 is 0 Å². The van der Waals surface area contributed by atoms with Crippen LogP contribution in [0.3, 0.4) is 0 Å². The highest BCUT2D eigenvalue weighted by atomic mass is 16.1. The quantitative estimate of drug-likeness (QED) is 0.793. The topological polar surface area (TPSA) is 55.1 Å². The molecule has 3 heteroatoms. The molecule has 19 heavy (non-hydrogen) atoms. The number of aryl methyl sites for hydroxylation is 2. The zero-order chi connectivity index (χ0) is 14.3. The van der Waals surface area contributed by atoms with Crippen LogP contribution in [0.25, 0.3) is 0 Å². The van der Waals surface area contributed by atoms with E-state index in [1.807, 2.05) is 12.1 Å². The molecular formula is C16H26N2O. The standard InChI is InChI=1S/C16H26N2O/c1-4-16(3,11-12-17)18-15(19)10-9-14-8-6-5-7-13(14)2/h5-8H,4,9-12,17H2,1-3H3,(H,18,19). The molecule has 1 aromatic rings. The van der Waals surface area contributed by atoms with Gasteiger partial charge in [-0.15, -0.1) is 0 Å². The molecule has 1 rings (SSSR count). The Morgan fingerprint density at radius 3 is 2.63 bits per heavy atom. The number of benzene rings is 1. The second-order valence-corrected chi connectivity index (χ2v) is 5.43. The smallest absolute Gasteiger partial charge is 0.220 e. The van der Waals surface area contributed by atoms with E-state index in [0.717, 1.165) is 19.3 Å². The Labute approximate surface area is 116 Å². The Bertz CT molecular complexity index is 417. The van der Waals surface area contributed by atoms with E-state index in [1.165, 1.54) is 11.1 Å². The van der Waals surface area contributed by atoms with Crippen molar-refractivity contribution in [3.63, 3.8) is 0 Å². The second kappa shape index (κ2) is 7.29. The van der Waals surface area contributed by atoms with Gasteiger partial charge in [-0.25, -0.2) is 0 Å². The van der Waals surface area contributed by atoms with Gasteiger partial charge in [0.2, 0.25) is 5.91 Å². The first kappa shape index (κ1) is 15.7. The van der Waals surface area contributed by atoms with E-state index in [4.69, 9.17) is 5.73 Å². The Balaban J connectivity index is 2.50. The van der Waals surface area contributed by atoms with Crippen molar-refractivity contribution in [1.29, 1.82) is 0 Å². The molecule has 3 nitrogen and oxygen atoms in total. The molecule has 0 aliphatic rings. The molecule has 0 fully saturated rings. The minimum absolute atomic E-state index is 0.112. The van der Waals surface area contributed by atoms with Gasteiger partial charge >= 0.3 is 0 Å². The largest absolute Gasteiger partial charge is 0.351 e. The van der Waals surface area contributed by atoms with E-state index in [-0.39, 0.29) is 11.4 Å². The molecular weight excluding hydrogens is 236 g/mol. The normalized spacial score (nSPS) is 13.9. The van der Waals surface area contributed by atoms with Gasteiger partial charge in [0.25, 0.3) is 0 Å². The summed E-state index contributed by atoms with van der Waals surface area (Å²) in [7, 11) is 0. The highest BCUT2D eigenvalue weighted by Crippen LogP contribution is 2.14. The van der Waals surface area contributed by atoms with Crippen LogP contribution in [0.2, 0.25) is 0 Å². The first-order valence-electron chi connectivity index (χ1n) is 7.06. The SMILES string of the molecule is CCC(C)(CCN)NC(=O)CCc1ccccc1C. The lowest BCUT2D eigenvalue weighted by atomic mass is 9.94. The number of carbonyl (C=O) groups is 1. The third-order valence-electron chi connectivity index (χ3n) is 3.80. The summed E-state index contributed by atoms with van der Waals surface area (Å²) < 4.78 is 0. The van der Waals surface area contributed by atoms with Gasteiger partial charge in [0, 0.05) is 12.0 Å². The molecule has 0 aliphatic carbocycles. The lowest BCUT2D eigenvalue weighted by Crippen LogP contribution is -2.46. The Morgan fingerprint density at radius 2 is 2.05 bits per heavy atom. The first-order valence-corrected chi connectivity index (χ1v) is 7.06. The molecule has 1 aromatic carbocycles. The van der Waals surface area contributed by atoms with Crippen LogP contribution in [-0.4, -0.2) is 18.0 Å². The fraction of sp³-hybridized carbons (Fsp3) is 0.562. The fourth-order valence-corrected chi connectivity index (χ4v) is 2.18. The highest BCUT2D eigenvalue weighted by Gasteiger charge is 2.22. The molecule has 0 heterocycles. The monoisotopic (exact) mass is 262 g/mol. The molecule has 0 radical (unpaired) electrons. The van der Waals surface area contributed by atoms with Crippen LogP contribution >= 0.6 is 0 Å². The highest BCUT2D eigenvalue weighted by molar-refractivity contribution is 5.77. The van der Waals surface area contributed by atoms with Crippen molar-refractivity contribution in [3.8, 4) is 0 Å². The van der Waals surface area contributed by atoms with Crippen molar-refractivity contribution in [2.24, 2.45) is 5.73 Å². The number of amides is 1. The number of rotatable bonds is 7. The van der Waals surface area contributed by atoms with Crippen LogP contribution in [0, 0.1) is 6.92 Å². The van der Waals surface area contributed by atoms with Gasteiger partial charge in [0.1, 0.15) is 0 Å². The van der Waals surface area contributed by atoms with Gasteiger partial charge in [-0.2, -0.15) is 0 Å². The minimum Gasteiger partial charge on any atom is -0.351 e. The van der Waals surface area contributed by atoms with Gasteiger partial charge in [0.15, 0.2) is 0 Å². The Hall–Kier alpha value is -1.35. The maximum absolute atomic E-state index is 12.0. The van der Waals surface area contributed by atoms with Gasteiger partial charge in [-0.1, -0.05) is 31.2 Å². The zero-order valence-corrected chi connectivity index (χ0v) is 12.3. The molecule has 0 saturated carbocycles. The van der Waals surface area contributed by atoms with Crippen molar-refractivity contribution in [2.45, 2.75) is 52.0 Å². The van der Waals surface area contributed by atoms with Crippen LogP contribution in [0.15, 0.2) is 24.3 Å². The first-order chi connectivity index (χ1) is 9.00. The van der Waals surface area contributed by atoms with Gasteiger partial charge in [0.05, 0.1) is 0 Å². The predicted molar refractivity (Wildman–Crippen MR) is 80.0 cm³/mol. The van der Waals surface area contributed by atoms with Crippen molar-refractivity contribution in [1.82, 2.24) is 5.32 Å². The summed E-state index contributed by atoms with van der Waals surface area (Å²) in [5, 5.41) is 3.11. The van der Waals surface area contributed by atoms with Crippen molar-refractivity contribution >= 4 is 5.91 Å². The number of nitrogens with one attached hydrogen (secondary N) is 1. The molecule has 3 N–H and O–H groups in total. The lowest BCUT2D eigenvalue weighted by Gasteiger charge is -2.29. The van der Waals surface area contributed by atoms with Crippen molar-refractivity contribution in [3.05, 3.63) is 35.4 Å². The zero-order valence-electron chi connectivity index (χ0n) is 12.3. The van der Waals surface area contributed by atoms with Crippen LogP contribution < -0.4 is 11.1 Å². The summed E-state index contributed by atoms with van der Waals surface area (Å²) >= 11 is 0. The number of carbonyl (C=O) groups excluding carboxylic acids is 1. The van der Waals surface area contributed by atoms with E-state index in [9.17, 15) is 4.79 Å². The molecule has 0 aliphatic heterocycles. The summed E-state index contributed by atoms with van der Waals surface area (Å²) in [6.07, 6.45) is 3.05. The Morgan fingerprint density at radius 1 is 1.37 bits per heavy atom. The van der Waals surface area contributed by atoms with Crippen LogP contribution in [0.1, 0.15) is 44.2 Å². The summed E-state index contributed by atoms with van der Waals surface area (Å²) in [6, 6.07) is 8.21. The molecule has 0 spiro atoms. The average Bonchev–Trinajstić information content (AvgIpc) is 2.38. The minimum atomic E-state index is -0.169. The Kier molecular flexibility index (Phi) is 6.03. The molecule has 0 aromatic heterocycles. The summed E-state index contributed by atoms with van der Waals surface area (Å²) in [5.74, 6) is 0.112. The van der Waals surface area contributed by atoms with E-state index in [1.54, 1.807) is 0 Å². The van der Waals surface area contributed by atoms with E-state index in [0.29, 0.717) is 13.0 Å². The van der Waals surface area contributed by atoms with Gasteiger partial charge in [-0.3, -0.25) is 4.79 Å². The molecule has 1 unspecified atom stereocenters. The van der Waals surface area contributed by atoms with Gasteiger partial charge < -0.3 is 11.1 Å².